The fraction of sp³-hybridized carbons (Fsp3) is 0.667. The molecule has 1 saturated heterocycles. The van der Waals surface area contributed by atoms with Crippen LogP contribution in [0.5, 0.6) is 0 Å². The van der Waals surface area contributed by atoms with Gasteiger partial charge in [0.1, 0.15) is 5.82 Å². The van der Waals surface area contributed by atoms with Crippen LogP contribution in [0.1, 0.15) is 52.0 Å². The number of anilines is 1. The van der Waals surface area contributed by atoms with Crippen molar-refractivity contribution < 1.29 is 4.39 Å². The van der Waals surface area contributed by atoms with Crippen LogP contribution in [0.4, 0.5) is 10.1 Å². The summed E-state index contributed by atoms with van der Waals surface area (Å²) in [5.41, 5.74) is 1.80. The van der Waals surface area contributed by atoms with Crippen molar-refractivity contribution in [2.45, 2.75) is 59.0 Å². The number of nitrogens with one attached hydrogen (secondary N) is 1. The maximum atomic E-state index is 14.5. The summed E-state index contributed by atoms with van der Waals surface area (Å²) in [6.45, 7) is 9.25. The van der Waals surface area contributed by atoms with Gasteiger partial charge >= 0.3 is 0 Å². The van der Waals surface area contributed by atoms with Gasteiger partial charge in [0.15, 0.2) is 0 Å². The molecule has 1 aromatic rings. The van der Waals surface area contributed by atoms with Crippen molar-refractivity contribution in [2.75, 3.05) is 18.0 Å². The average molecular weight is 292 g/mol. The maximum absolute atomic E-state index is 14.5. The lowest BCUT2D eigenvalue weighted by Gasteiger charge is -2.30. The van der Waals surface area contributed by atoms with Gasteiger partial charge in [0.2, 0.25) is 0 Å². The summed E-state index contributed by atoms with van der Waals surface area (Å²) >= 11 is 0. The molecule has 1 unspecified atom stereocenters. The molecule has 1 aliphatic rings. The van der Waals surface area contributed by atoms with E-state index in [1.165, 1.54) is 19.3 Å². The molecule has 0 amide bonds. The largest absolute Gasteiger partial charge is 0.366 e. The highest BCUT2D eigenvalue weighted by Crippen LogP contribution is 2.27. The third-order valence-electron chi connectivity index (χ3n) is 4.26. The third kappa shape index (κ3) is 4.70. The summed E-state index contributed by atoms with van der Waals surface area (Å²) < 4.78 is 14.5. The maximum Gasteiger partial charge on any atom is 0.146 e. The standard InChI is InChI=1S/C18H29FN2/c1-14(2)12-20-13-16-8-9-18(17(19)11-16)21-10-6-4-5-7-15(21)3/h8-9,11,14-15,20H,4-7,10,12-13H2,1-3H3. The quantitative estimate of drug-likeness (QED) is 0.868. The van der Waals surface area contributed by atoms with Crippen molar-refractivity contribution in [2.24, 2.45) is 5.92 Å². The molecule has 0 radical (unpaired) electrons. The highest BCUT2D eigenvalue weighted by atomic mass is 19.1. The third-order valence-corrected chi connectivity index (χ3v) is 4.26. The minimum absolute atomic E-state index is 0.0763. The van der Waals surface area contributed by atoms with Gasteiger partial charge < -0.3 is 10.2 Å². The monoisotopic (exact) mass is 292 g/mol. The summed E-state index contributed by atoms with van der Waals surface area (Å²) in [5.74, 6) is 0.541. The Morgan fingerprint density at radius 2 is 2.10 bits per heavy atom. The average Bonchev–Trinajstić information content (AvgIpc) is 2.63. The molecule has 0 bridgehead atoms. The zero-order chi connectivity index (χ0) is 15.2. The van der Waals surface area contributed by atoms with Gasteiger partial charge in [-0.25, -0.2) is 4.39 Å². The molecule has 118 valence electrons. The van der Waals surface area contributed by atoms with Crippen molar-refractivity contribution in [3.8, 4) is 0 Å². The molecule has 1 fully saturated rings. The number of hydrogen-bond acceptors (Lipinski definition) is 2. The topological polar surface area (TPSA) is 15.3 Å². The fourth-order valence-corrected chi connectivity index (χ4v) is 3.03. The summed E-state index contributed by atoms with van der Waals surface area (Å²) in [7, 11) is 0. The number of halogens is 1. The first-order valence-corrected chi connectivity index (χ1v) is 8.33. The van der Waals surface area contributed by atoms with Crippen LogP contribution in [-0.4, -0.2) is 19.1 Å². The zero-order valence-corrected chi connectivity index (χ0v) is 13.7. The van der Waals surface area contributed by atoms with Crippen LogP contribution in [0.25, 0.3) is 0 Å². The van der Waals surface area contributed by atoms with E-state index < -0.39 is 0 Å². The van der Waals surface area contributed by atoms with Crippen LogP contribution in [0, 0.1) is 11.7 Å². The van der Waals surface area contributed by atoms with Gasteiger partial charge in [-0.2, -0.15) is 0 Å². The van der Waals surface area contributed by atoms with Gasteiger partial charge in [0.05, 0.1) is 5.69 Å². The summed E-state index contributed by atoms with van der Waals surface area (Å²) in [6.07, 6.45) is 4.86. The Hall–Kier alpha value is -1.09. The number of hydrogen-bond donors (Lipinski definition) is 1. The molecule has 2 nitrogen and oxygen atoms in total. The molecule has 2 rings (SSSR count). The molecular weight excluding hydrogens is 263 g/mol. The van der Waals surface area contributed by atoms with Gasteiger partial charge in [0, 0.05) is 19.1 Å². The van der Waals surface area contributed by atoms with Crippen molar-refractivity contribution in [3.05, 3.63) is 29.6 Å². The summed E-state index contributed by atoms with van der Waals surface area (Å²) in [4.78, 5) is 2.24. The first kappa shape index (κ1) is 16.3. The molecule has 0 aliphatic carbocycles. The van der Waals surface area contributed by atoms with E-state index in [1.54, 1.807) is 6.07 Å². The smallest absolute Gasteiger partial charge is 0.146 e. The van der Waals surface area contributed by atoms with E-state index in [1.807, 2.05) is 6.07 Å². The predicted molar refractivity (Wildman–Crippen MR) is 88.2 cm³/mol. The lowest BCUT2D eigenvalue weighted by Crippen LogP contribution is -2.33. The Bertz CT molecular complexity index is 445. The minimum atomic E-state index is -0.0763. The van der Waals surface area contributed by atoms with Gasteiger partial charge in [-0.1, -0.05) is 32.8 Å². The first-order valence-electron chi connectivity index (χ1n) is 8.33. The summed E-state index contributed by atoms with van der Waals surface area (Å²) in [5, 5.41) is 3.37. The van der Waals surface area contributed by atoms with Crippen LogP contribution in [0.3, 0.4) is 0 Å². The molecule has 1 heterocycles. The molecule has 0 spiro atoms. The SMILES string of the molecule is CC(C)CNCc1ccc(N2CCCCCC2C)c(F)c1. The summed E-state index contributed by atoms with van der Waals surface area (Å²) in [6, 6.07) is 6.15. The second kappa shape index (κ2) is 7.79. The van der Waals surface area contributed by atoms with Gasteiger partial charge in [-0.3, -0.25) is 0 Å². The number of benzene rings is 1. The van der Waals surface area contributed by atoms with E-state index >= 15 is 0 Å². The van der Waals surface area contributed by atoms with E-state index in [2.05, 4.69) is 37.1 Å². The molecule has 0 aromatic heterocycles. The molecule has 1 aliphatic heterocycles. The molecule has 0 saturated carbocycles. The van der Waals surface area contributed by atoms with Crippen LogP contribution >= 0.6 is 0 Å². The van der Waals surface area contributed by atoms with Gasteiger partial charge in [-0.15, -0.1) is 0 Å². The van der Waals surface area contributed by atoms with E-state index in [0.29, 0.717) is 12.0 Å². The predicted octanol–water partition coefficient (Wildman–Crippen LogP) is 4.34. The molecule has 21 heavy (non-hydrogen) atoms. The van der Waals surface area contributed by atoms with Gasteiger partial charge in [-0.05, 0) is 49.9 Å². The Morgan fingerprint density at radius 1 is 1.29 bits per heavy atom. The van der Waals surface area contributed by atoms with Crippen LogP contribution in [0.15, 0.2) is 18.2 Å². The minimum Gasteiger partial charge on any atom is -0.366 e. The molecule has 1 atom stereocenters. The fourth-order valence-electron chi connectivity index (χ4n) is 3.03. The van der Waals surface area contributed by atoms with Crippen molar-refractivity contribution in [1.82, 2.24) is 5.32 Å². The van der Waals surface area contributed by atoms with Crippen LogP contribution < -0.4 is 10.2 Å². The zero-order valence-electron chi connectivity index (χ0n) is 13.7. The normalized spacial score (nSPS) is 19.9. The molecular formula is C18H29FN2. The Morgan fingerprint density at radius 3 is 2.81 bits per heavy atom. The Labute approximate surface area is 128 Å². The first-order chi connectivity index (χ1) is 10.1. The van der Waals surface area contributed by atoms with Crippen molar-refractivity contribution in [1.29, 1.82) is 0 Å². The highest BCUT2D eigenvalue weighted by Gasteiger charge is 2.20. The number of nitrogens with zero attached hydrogens (tertiary/aromatic N) is 1. The second-order valence-electron chi connectivity index (χ2n) is 6.70. The molecule has 1 aromatic carbocycles. The molecule has 1 N–H and O–H groups in total. The van der Waals surface area contributed by atoms with Crippen LogP contribution in [0.2, 0.25) is 0 Å². The van der Waals surface area contributed by atoms with Gasteiger partial charge in [0.25, 0.3) is 0 Å². The number of rotatable bonds is 5. The Kier molecular flexibility index (Phi) is 6.04. The van der Waals surface area contributed by atoms with Crippen molar-refractivity contribution >= 4 is 5.69 Å². The van der Waals surface area contributed by atoms with Crippen LogP contribution in [-0.2, 0) is 6.54 Å². The van der Waals surface area contributed by atoms with Crippen molar-refractivity contribution in [3.63, 3.8) is 0 Å². The van der Waals surface area contributed by atoms with E-state index in [9.17, 15) is 4.39 Å². The molecule has 3 heteroatoms. The van der Waals surface area contributed by atoms with E-state index in [4.69, 9.17) is 0 Å². The second-order valence-corrected chi connectivity index (χ2v) is 6.70. The lowest BCUT2D eigenvalue weighted by molar-refractivity contribution is 0.548. The van der Waals surface area contributed by atoms with E-state index in [-0.39, 0.29) is 5.82 Å². The highest BCUT2D eigenvalue weighted by molar-refractivity contribution is 5.50. The Balaban J connectivity index is 2.04. The lowest BCUT2D eigenvalue weighted by atomic mass is 10.1. The van der Waals surface area contributed by atoms with E-state index in [0.717, 1.165) is 37.3 Å².